The number of hydrogen-bond donors (Lipinski definition) is 0. The van der Waals surface area contributed by atoms with Gasteiger partial charge in [-0.3, -0.25) is 4.79 Å². The number of methoxy groups -OCH3 is 1. The predicted octanol–water partition coefficient (Wildman–Crippen LogP) is 3.00. The molecule has 27 heavy (non-hydrogen) atoms. The van der Waals surface area contributed by atoms with Gasteiger partial charge in [0.15, 0.2) is 16.3 Å². The number of amides is 1. The van der Waals surface area contributed by atoms with Gasteiger partial charge in [0.1, 0.15) is 19.0 Å². The summed E-state index contributed by atoms with van der Waals surface area (Å²) in [6.07, 6.45) is 0.252. The minimum Gasteiger partial charge on any atom is -0.496 e. The second-order valence-electron chi connectivity index (χ2n) is 6.39. The Morgan fingerprint density at radius 1 is 1.22 bits per heavy atom. The molecule has 0 aliphatic carbocycles. The van der Waals surface area contributed by atoms with Crippen molar-refractivity contribution in [3.63, 3.8) is 0 Å². The number of carbonyl (C=O) groups is 1. The van der Waals surface area contributed by atoms with Gasteiger partial charge in [-0.25, -0.2) is 0 Å². The zero-order valence-electron chi connectivity index (χ0n) is 15.4. The molecule has 0 unspecified atom stereocenters. The van der Waals surface area contributed by atoms with Crippen molar-refractivity contribution in [2.75, 3.05) is 20.3 Å². The van der Waals surface area contributed by atoms with E-state index < -0.39 is 0 Å². The maximum Gasteiger partial charge on any atom is 0.252 e. The van der Waals surface area contributed by atoms with Gasteiger partial charge < -0.3 is 18.8 Å². The zero-order chi connectivity index (χ0) is 19.0. The van der Waals surface area contributed by atoms with E-state index in [2.05, 4.69) is 4.99 Å². The van der Waals surface area contributed by atoms with E-state index in [9.17, 15) is 4.79 Å². The lowest BCUT2D eigenvalue weighted by Crippen LogP contribution is -2.16. The summed E-state index contributed by atoms with van der Waals surface area (Å²) in [6.45, 7) is 3.05. The first kappa shape index (κ1) is 17.6. The molecule has 6 nitrogen and oxygen atoms in total. The van der Waals surface area contributed by atoms with Gasteiger partial charge in [-0.1, -0.05) is 23.5 Å². The first-order chi connectivity index (χ1) is 13.0. The summed E-state index contributed by atoms with van der Waals surface area (Å²) >= 11 is 1.46. The van der Waals surface area contributed by atoms with Gasteiger partial charge >= 0.3 is 0 Å². The summed E-state index contributed by atoms with van der Waals surface area (Å²) in [4.78, 5) is 17.5. The van der Waals surface area contributed by atoms with Crippen molar-refractivity contribution in [3.05, 3.63) is 46.3 Å². The highest BCUT2D eigenvalue weighted by molar-refractivity contribution is 7.16. The van der Waals surface area contributed by atoms with E-state index in [1.54, 1.807) is 7.11 Å². The van der Waals surface area contributed by atoms with E-state index in [1.807, 2.05) is 48.9 Å². The van der Waals surface area contributed by atoms with Crippen LogP contribution in [-0.4, -0.2) is 30.8 Å². The van der Waals surface area contributed by atoms with Crippen LogP contribution >= 0.6 is 11.3 Å². The number of thiazole rings is 1. The Kier molecular flexibility index (Phi) is 4.61. The van der Waals surface area contributed by atoms with E-state index in [0.717, 1.165) is 38.6 Å². The van der Waals surface area contributed by atoms with Crippen LogP contribution in [0.5, 0.6) is 17.2 Å². The molecule has 0 saturated heterocycles. The molecule has 3 aromatic rings. The van der Waals surface area contributed by atoms with E-state index in [1.165, 1.54) is 11.3 Å². The van der Waals surface area contributed by atoms with Crippen LogP contribution in [0, 0.1) is 6.92 Å². The Morgan fingerprint density at radius 2 is 1.96 bits per heavy atom. The van der Waals surface area contributed by atoms with Crippen molar-refractivity contribution in [2.24, 2.45) is 12.0 Å². The van der Waals surface area contributed by atoms with Gasteiger partial charge in [0, 0.05) is 19.2 Å². The third kappa shape index (κ3) is 3.42. The Hall–Kier alpha value is -2.80. The quantitative estimate of drug-likeness (QED) is 0.696. The second-order valence-corrected chi connectivity index (χ2v) is 7.40. The number of fused-ring (bicyclic) bond motifs is 2. The average molecular weight is 384 g/mol. The molecule has 1 amide bonds. The van der Waals surface area contributed by atoms with Crippen molar-refractivity contribution < 1.29 is 19.0 Å². The zero-order valence-corrected chi connectivity index (χ0v) is 16.3. The molecule has 2 aromatic carbocycles. The summed E-state index contributed by atoms with van der Waals surface area (Å²) in [5.41, 5.74) is 2.89. The molecule has 1 aromatic heterocycles. The molecule has 0 radical (unpaired) electrons. The highest BCUT2D eigenvalue weighted by Gasteiger charge is 2.15. The molecule has 0 N–H and O–H groups in total. The highest BCUT2D eigenvalue weighted by atomic mass is 32.1. The summed E-state index contributed by atoms with van der Waals surface area (Å²) in [5, 5.41) is 0. The summed E-state index contributed by atoms with van der Waals surface area (Å²) < 4.78 is 19.5. The Bertz CT molecular complexity index is 1100. The summed E-state index contributed by atoms with van der Waals surface area (Å²) in [7, 11) is 3.54. The smallest absolute Gasteiger partial charge is 0.252 e. The molecule has 1 aliphatic rings. The van der Waals surface area contributed by atoms with Gasteiger partial charge in [0.05, 0.1) is 23.7 Å². The van der Waals surface area contributed by atoms with Crippen molar-refractivity contribution in [1.29, 1.82) is 0 Å². The monoisotopic (exact) mass is 384 g/mol. The molecule has 1 aliphatic heterocycles. The fourth-order valence-corrected chi connectivity index (χ4v) is 4.19. The number of ether oxygens (including phenoxy) is 3. The number of carbonyl (C=O) groups excluding carboxylic acids is 1. The second kappa shape index (κ2) is 7.08. The number of nitrogens with zero attached hydrogens (tertiary/aromatic N) is 2. The van der Waals surface area contributed by atoms with Crippen LogP contribution < -0.4 is 19.0 Å². The Balaban J connectivity index is 1.64. The molecule has 2 heterocycles. The normalized spacial score (nSPS) is 13.8. The van der Waals surface area contributed by atoms with Gasteiger partial charge in [0.2, 0.25) is 0 Å². The maximum absolute atomic E-state index is 12.5. The molecular formula is C20H20N2O4S. The molecule has 0 bridgehead atoms. The number of aryl methyl sites for hydroxylation is 2. The van der Waals surface area contributed by atoms with Crippen LogP contribution in [0.25, 0.3) is 10.2 Å². The minimum atomic E-state index is -0.181. The van der Waals surface area contributed by atoms with Crippen LogP contribution in [0.4, 0.5) is 0 Å². The van der Waals surface area contributed by atoms with Gasteiger partial charge in [0.25, 0.3) is 5.91 Å². The molecule has 0 spiro atoms. The Labute approximate surface area is 160 Å². The number of hydrogen-bond acceptors (Lipinski definition) is 5. The largest absolute Gasteiger partial charge is 0.496 e. The highest BCUT2D eigenvalue weighted by Crippen LogP contribution is 2.35. The SMILES string of the molecule is COc1ccc(CC(=O)N=c2sc3cc4c(cc3n2C)OCCO4)cc1C. The summed E-state index contributed by atoms with van der Waals surface area (Å²) in [5.74, 6) is 2.10. The van der Waals surface area contributed by atoms with Crippen molar-refractivity contribution in [3.8, 4) is 17.2 Å². The molecule has 0 fully saturated rings. The standard InChI is InChI=1S/C20H20N2O4S/c1-12-8-13(4-5-15(12)24-3)9-19(23)21-20-22(2)14-10-16-17(11-18(14)27-20)26-7-6-25-16/h4-5,8,10-11H,6-7,9H2,1-3H3. The lowest BCUT2D eigenvalue weighted by Gasteiger charge is -2.18. The fourth-order valence-electron chi connectivity index (χ4n) is 3.14. The molecule has 0 saturated carbocycles. The molecule has 4 rings (SSSR count). The van der Waals surface area contributed by atoms with Gasteiger partial charge in [-0.05, 0) is 24.1 Å². The number of aromatic nitrogens is 1. The first-order valence-corrected chi connectivity index (χ1v) is 9.47. The molecule has 140 valence electrons. The van der Waals surface area contributed by atoms with Crippen LogP contribution in [-0.2, 0) is 18.3 Å². The van der Waals surface area contributed by atoms with E-state index in [-0.39, 0.29) is 12.3 Å². The lowest BCUT2D eigenvalue weighted by atomic mass is 10.1. The number of rotatable bonds is 3. The maximum atomic E-state index is 12.5. The molecule has 7 heteroatoms. The number of benzene rings is 2. The predicted molar refractivity (Wildman–Crippen MR) is 104 cm³/mol. The van der Waals surface area contributed by atoms with Gasteiger partial charge in [-0.2, -0.15) is 4.99 Å². The van der Waals surface area contributed by atoms with E-state index >= 15 is 0 Å². The lowest BCUT2D eigenvalue weighted by molar-refractivity contribution is -0.117. The van der Waals surface area contributed by atoms with E-state index in [4.69, 9.17) is 14.2 Å². The van der Waals surface area contributed by atoms with Crippen LogP contribution in [0.15, 0.2) is 35.3 Å². The van der Waals surface area contributed by atoms with E-state index in [0.29, 0.717) is 18.0 Å². The third-order valence-electron chi connectivity index (χ3n) is 4.51. The first-order valence-electron chi connectivity index (χ1n) is 8.65. The van der Waals surface area contributed by atoms with Crippen molar-refractivity contribution in [2.45, 2.75) is 13.3 Å². The summed E-state index contributed by atoms with van der Waals surface area (Å²) in [6, 6.07) is 9.62. The van der Waals surface area contributed by atoms with Crippen molar-refractivity contribution in [1.82, 2.24) is 4.57 Å². The third-order valence-corrected chi connectivity index (χ3v) is 5.60. The average Bonchev–Trinajstić information content (AvgIpc) is 2.95. The van der Waals surface area contributed by atoms with Gasteiger partial charge in [-0.15, -0.1) is 0 Å². The molecule has 0 atom stereocenters. The fraction of sp³-hybridized carbons (Fsp3) is 0.300. The minimum absolute atomic E-state index is 0.181. The molecular weight excluding hydrogens is 364 g/mol. The van der Waals surface area contributed by atoms with Crippen LogP contribution in [0.3, 0.4) is 0 Å². The van der Waals surface area contributed by atoms with Crippen LogP contribution in [0.1, 0.15) is 11.1 Å². The van der Waals surface area contributed by atoms with Crippen molar-refractivity contribution >= 4 is 27.5 Å². The van der Waals surface area contributed by atoms with Crippen LogP contribution in [0.2, 0.25) is 0 Å². The topological polar surface area (TPSA) is 62.0 Å². The Morgan fingerprint density at radius 3 is 2.67 bits per heavy atom.